The first-order valence-corrected chi connectivity index (χ1v) is 24.7. The predicted molar refractivity (Wildman–Crippen MR) is 275 cm³/mol. The number of hydrogen-bond donors (Lipinski definition) is 4. The molecule has 4 aromatic carbocycles. The highest BCUT2D eigenvalue weighted by Gasteiger charge is 2.46. The number of unbranched alkanes of at least 4 members (excludes halogenated alkanes) is 3. The Morgan fingerprint density at radius 2 is 1.48 bits per heavy atom. The van der Waals surface area contributed by atoms with Crippen molar-refractivity contribution in [1.82, 2.24) is 34.9 Å². The number of carbonyl (C=O) groups excluding carboxylic acids is 7. The molecular formula is C55H61N9O9. The van der Waals surface area contributed by atoms with Gasteiger partial charge in [-0.25, -0.2) is 4.98 Å². The molecule has 0 bridgehead atoms. The smallest absolute Gasteiger partial charge is 0.293 e. The molecule has 8 rings (SSSR count). The molecule has 380 valence electrons. The fourth-order valence-corrected chi connectivity index (χ4v) is 9.21. The van der Waals surface area contributed by atoms with Crippen molar-refractivity contribution >= 4 is 58.5 Å². The van der Waals surface area contributed by atoms with Crippen molar-refractivity contribution in [1.29, 1.82) is 0 Å². The highest BCUT2D eigenvalue weighted by Crippen LogP contribution is 2.34. The number of piperidine rings is 1. The van der Waals surface area contributed by atoms with Crippen LogP contribution < -0.4 is 31.6 Å². The van der Waals surface area contributed by atoms with Crippen molar-refractivity contribution in [3.05, 3.63) is 135 Å². The second-order valence-corrected chi connectivity index (χ2v) is 19.7. The number of imide groups is 2. The maximum Gasteiger partial charge on any atom is 0.293 e. The third-order valence-electron chi connectivity index (χ3n) is 13.5. The van der Waals surface area contributed by atoms with Crippen molar-refractivity contribution in [2.24, 2.45) is 7.05 Å². The van der Waals surface area contributed by atoms with Gasteiger partial charge in [0.25, 0.3) is 35.1 Å². The van der Waals surface area contributed by atoms with Crippen LogP contribution in [0.2, 0.25) is 0 Å². The molecule has 0 saturated carbocycles. The molecular weight excluding hydrogens is 931 g/mol. The number of nitrogens with zero attached hydrogens (tertiary/aromatic N) is 5. The van der Waals surface area contributed by atoms with Crippen molar-refractivity contribution in [3.8, 4) is 17.0 Å². The third-order valence-corrected chi connectivity index (χ3v) is 13.5. The lowest BCUT2D eigenvalue weighted by Gasteiger charge is -2.34. The van der Waals surface area contributed by atoms with Gasteiger partial charge in [-0.15, -0.1) is 0 Å². The monoisotopic (exact) mass is 991 g/mol. The van der Waals surface area contributed by atoms with E-state index in [4.69, 9.17) is 9.72 Å². The minimum atomic E-state index is -1.10. The summed E-state index contributed by atoms with van der Waals surface area (Å²) in [5.41, 5.74) is 5.27. The number of ether oxygens (including phenoxy) is 1. The maximum atomic E-state index is 13.5. The summed E-state index contributed by atoms with van der Waals surface area (Å²) < 4.78 is 7.14. The minimum Gasteiger partial charge on any atom is -0.483 e. The SMILES string of the molecule is Cc1c(NC(=O)c2ccc(C(C)(C)C)cc2)cccc1-c1cn(C)c(=O)c(Nc2ccc(C(=O)N3CCN(CCCCCCNC(=O)COc4cccc5c4C(=O)N(C4CCC(=O)NC4=O)C5=O)CC3)cc2)n1. The highest BCUT2D eigenvalue weighted by atomic mass is 16.5. The summed E-state index contributed by atoms with van der Waals surface area (Å²) in [6.45, 7) is 12.0. The molecule has 2 saturated heterocycles. The van der Waals surface area contributed by atoms with Crippen molar-refractivity contribution in [3.63, 3.8) is 0 Å². The van der Waals surface area contributed by atoms with E-state index in [9.17, 15) is 38.4 Å². The van der Waals surface area contributed by atoms with Gasteiger partial charge in [0.2, 0.25) is 11.8 Å². The van der Waals surface area contributed by atoms with Crippen LogP contribution in [0.1, 0.15) is 112 Å². The fourth-order valence-electron chi connectivity index (χ4n) is 9.21. The van der Waals surface area contributed by atoms with Crippen LogP contribution in [0.4, 0.5) is 17.2 Å². The lowest BCUT2D eigenvalue weighted by atomic mass is 9.86. The average Bonchev–Trinajstić information content (AvgIpc) is 3.63. The summed E-state index contributed by atoms with van der Waals surface area (Å²) in [6.07, 6.45) is 5.32. The first-order valence-electron chi connectivity index (χ1n) is 24.7. The van der Waals surface area contributed by atoms with Crippen LogP contribution in [0.3, 0.4) is 0 Å². The van der Waals surface area contributed by atoms with Gasteiger partial charge in [-0.2, -0.15) is 0 Å². The first-order chi connectivity index (χ1) is 35.0. The number of piperazine rings is 1. The zero-order valence-electron chi connectivity index (χ0n) is 41.8. The molecule has 1 unspecified atom stereocenters. The van der Waals surface area contributed by atoms with E-state index in [1.54, 1.807) is 43.6 Å². The molecule has 3 aliphatic heterocycles. The molecule has 2 fully saturated rings. The standard InChI is InChI=1S/C55H61N9O9/c1-34-39(12-10-14-41(34)59-49(67)35-16-20-37(21-17-35)55(2,3)4)42-32-61(5)54(72)48(58-42)57-38-22-18-36(19-23-38)51(69)63-30-28-62(29-31-63)27-9-7-6-8-26-56-46(66)33-73-44-15-11-13-40-47(44)53(71)64(52(40)70)43-24-25-45(65)60-50(43)68/h10-23,32,43H,6-9,24-31,33H2,1-5H3,(H,56,66)(H,57,58)(H,59,67)(H,60,65,68). The molecule has 18 heteroatoms. The van der Waals surface area contributed by atoms with Crippen molar-refractivity contribution in [2.45, 2.75) is 77.7 Å². The number of aromatic nitrogens is 2. The van der Waals surface area contributed by atoms with Gasteiger partial charge in [-0.05, 0) is 104 Å². The van der Waals surface area contributed by atoms with E-state index in [2.05, 4.69) is 46.9 Å². The summed E-state index contributed by atoms with van der Waals surface area (Å²) in [5, 5.41) is 11.2. The Hall–Kier alpha value is -7.99. The van der Waals surface area contributed by atoms with E-state index in [1.165, 1.54) is 16.7 Å². The molecule has 18 nitrogen and oxygen atoms in total. The second-order valence-electron chi connectivity index (χ2n) is 19.7. The lowest BCUT2D eigenvalue weighted by molar-refractivity contribution is -0.136. The van der Waals surface area contributed by atoms with Gasteiger partial charge < -0.3 is 30.2 Å². The maximum absolute atomic E-state index is 13.5. The molecule has 73 heavy (non-hydrogen) atoms. The van der Waals surface area contributed by atoms with Crippen molar-refractivity contribution in [2.75, 3.05) is 56.5 Å². The van der Waals surface area contributed by atoms with Crippen LogP contribution in [-0.4, -0.2) is 118 Å². The number of amides is 7. The topological polar surface area (TPSA) is 221 Å². The van der Waals surface area contributed by atoms with Gasteiger partial charge in [0.15, 0.2) is 12.4 Å². The Morgan fingerprint density at radius 1 is 0.795 bits per heavy atom. The molecule has 4 N–H and O–H groups in total. The van der Waals surface area contributed by atoms with Gasteiger partial charge in [0.1, 0.15) is 11.8 Å². The second kappa shape index (κ2) is 22.2. The minimum absolute atomic E-state index is 0.0101. The van der Waals surface area contributed by atoms with Crippen LogP contribution in [-0.2, 0) is 26.8 Å². The molecule has 7 amide bonds. The van der Waals surface area contributed by atoms with Gasteiger partial charge in [0, 0.05) is 80.5 Å². The quantitative estimate of drug-likeness (QED) is 0.0626. The van der Waals surface area contributed by atoms with E-state index in [1.807, 2.05) is 54.3 Å². The van der Waals surface area contributed by atoms with Crippen LogP contribution >= 0.6 is 0 Å². The predicted octanol–water partition coefficient (Wildman–Crippen LogP) is 5.96. The Labute approximate surface area is 423 Å². The van der Waals surface area contributed by atoms with Crippen LogP contribution in [0.15, 0.2) is 95.9 Å². The summed E-state index contributed by atoms with van der Waals surface area (Å²) in [4.78, 5) is 113. The number of aryl methyl sites for hydroxylation is 1. The van der Waals surface area contributed by atoms with Crippen LogP contribution in [0.25, 0.3) is 11.3 Å². The summed E-state index contributed by atoms with van der Waals surface area (Å²) in [5.74, 6) is -2.99. The highest BCUT2D eigenvalue weighted by molar-refractivity contribution is 6.24. The van der Waals surface area contributed by atoms with E-state index >= 15 is 0 Å². The third kappa shape index (κ3) is 11.9. The number of nitrogens with one attached hydrogen (secondary N) is 4. The van der Waals surface area contributed by atoms with Crippen LogP contribution in [0, 0.1) is 6.92 Å². The van der Waals surface area contributed by atoms with Gasteiger partial charge in [-0.1, -0.05) is 63.9 Å². The van der Waals surface area contributed by atoms with E-state index in [0.717, 1.165) is 66.9 Å². The lowest BCUT2D eigenvalue weighted by Crippen LogP contribution is -2.54. The number of carbonyl (C=O) groups is 7. The average molecular weight is 992 g/mol. The zero-order valence-corrected chi connectivity index (χ0v) is 41.8. The Bertz CT molecular complexity index is 3010. The molecule has 4 heterocycles. The molecule has 0 spiro atoms. The number of anilines is 3. The van der Waals surface area contributed by atoms with Crippen molar-refractivity contribution < 1.29 is 38.3 Å². The largest absolute Gasteiger partial charge is 0.483 e. The molecule has 1 atom stereocenters. The van der Waals surface area contributed by atoms with Gasteiger partial charge in [0.05, 0.1) is 16.8 Å². The summed E-state index contributed by atoms with van der Waals surface area (Å²) in [7, 11) is 1.66. The number of hydrogen-bond acceptors (Lipinski definition) is 12. The number of fused-ring (bicyclic) bond motifs is 1. The zero-order chi connectivity index (χ0) is 52.0. The molecule has 0 radical (unpaired) electrons. The Kier molecular flexibility index (Phi) is 15.6. The molecule has 3 aliphatic rings. The Balaban J connectivity index is 0.739. The van der Waals surface area contributed by atoms with E-state index < -0.39 is 29.7 Å². The first kappa shape index (κ1) is 51.4. The molecule has 0 aliphatic carbocycles. The fraction of sp³-hybridized carbons (Fsp3) is 0.364. The Morgan fingerprint density at radius 3 is 2.19 bits per heavy atom. The van der Waals surface area contributed by atoms with Gasteiger partial charge >= 0.3 is 0 Å². The molecule has 1 aromatic heterocycles. The van der Waals surface area contributed by atoms with E-state index in [0.29, 0.717) is 47.8 Å². The van der Waals surface area contributed by atoms with Gasteiger partial charge in [-0.3, -0.25) is 53.5 Å². The summed E-state index contributed by atoms with van der Waals surface area (Å²) >= 11 is 0. The number of benzene rings is 4. The molecule has 5 aromatic rings. The van der Waals surface area contributed by atoms with Crippen LogP contribution in [0.5, 0.6) is 5.75 Å². The number of rotatable bonds is 17. The normalized spacial score (nSPS) is 16.0. The van der Waals surface area contributed by atoms with E-state index in [-0.39, 0.29) is 70.8 Å². The summed E-state index contributed by atoms with van der Waals surface area (Å²) in [6, 6.07) is 23.6.